The summed E-state index contributed by atoms with van der Waals surface area (Å²) >= 11 is 3.78. The standard InChI is InChI=1S/C17H26N2OS2/c1-13(16-3-2-10-22-16)18-15-6-4-14(5-7-15)17(20)19-8-11-21-12-9-19/h2-3,10,13-15,18H,4-9,11-12H2,1H3/t13-,14?,15?/m0/s1. The Morgan fingerprint density at radius 3 is 2.64 bits per heavy atom. The summed E-state index contributed by atoms with van der Waals surface area (Å²) in [6.07, 6.45) is 4.37. The maximum Gasteiger partial charge on any atom is 0.225 e. The predicted molar refractivity (Wildman–Crippen MR) is 95.5 cm³/mol. The van der Waals surface area contributed by atoms with Crippen molar-refractivity contribution in [1.82, 2.24) is 10.2 Å². The van der Waals surface area contributed by atoms with Crippen LogP contribution in [0.2, 0.25) is 0 Å². The fraction of sp³-hybridized carbons (Fsp3) is 0.706. The van der Waals surface area contributed by atoms with Crippen molar-refractivity contribution in [2.24, 2.45) is 5.92 Å². The minimum absolute atomic E-state index is 0.276. The smallest absolute Gasteiger partial charge is 0.225 e. The first-order chi connectivity index (χ1) is 10.7. The highest BCUT2D eigenvalue weighted by Crippen LogP contribution is 2.29. The number of amides is 1. The van der Waals surface area contributed by atoms with E-state index in [0.29, 0.717) is 18.0 Å². The molecule has 0 radical (unpaired) electrons. The molecule has 1 saturated heterocycles. The number of carbonyl (C=O) groups is 1. The normalized spacial score (nSPS) is 27.6. The summed E-state index contributed by atoms with van der Waals surface area (Å²) in [6, 6.07) is 5.31. The fourth-order valence-corrected chi connectivity index (χ4v) is 5.17. The minimum Gasteiger partial charge on any atom is -0.341 e. The molecule has 22 heavy (non-hydrogen) atoms. The van der Waals surface area contributed by atoms with Gasteiger partial charge in [-0.25, -0.2) is 0 Å². The number of nitrogens with one attached hydrogen (secondary N) is 1. The van der Waals surface area contributed by atoms with Crippen molar-refractivity contribution in [3.8, 4) is 0 Å². The number of carbonyl (C=O) groups excluding carboxylic acids is 1. The molecule has 0 spiro atoms. The predicted octanol–water partition coefficient (Wildman–Crippen LogP) is 3.53. The van der Waals surface area contributed by atoms with Gasteiger partial charge in [0.05, 0.1) is 0 Å². The van der Waals surface area contributed by atoms with Crippen molar-refractivity contribution in [3.05, 3.63) is 22.4 Å². The van der Waals surface area contributed by atoms with E-state index in [1.54, 1.807) is 0 Å². The molecule has 1 aromatic heterocycles. The second-order valence-corrected chi connectivity index (χ2v) is 8.59. The fourth-order valence-electron chi connectivity index (χ4n) is 3.52. The van der Waals surface area contributed by atoms with Gasteiger partial charge in [-0.05, 0) is 44.1 Å². The van der Waals surface area contributed by atoms with E-state index in [1.165, 1.54) is 4.88 Å². The van der Waals surface area contributed by atoms with E-state index in [1.807, 2.05) is 23.1 Å². The molecule has 3 rings (SSSR count). The van der Waals surface area contributed by atoms with Gasteiger partial charge in [-0.2, -0.15) is 11.8 Å². The molecule has 2 fully saturated rings. The molecule has 1 atom stereocenters. The Morgan fingerprint density at radius 2 is 2.00 bits per heavy atom. The number of hydrogen-bond donors (Lipinski definition) is 1. The molecular weight excluding hydrogens is 312 g/mol. The van der Waals surface area contributed by atoms with Crippen LogP contribution in [-0.2, 0) is 4.79 Å². The van der Waals surface area contributed by atoms with Gasteiger partial charge in [0.15, 0.2) is 0 Å². The first-order valence-electron chi connectivity index (χ1n) is 8.40. The van der Waals surface area contributed by atoms with Gasteiger partial charge in [-0.1, -0.05) is 6.07 Å². The summed E-state index contributed by atoms with van der Waals surface area (Å²) in [5.41, 5.74) is 0. The summed E-state index contributed by atoms with van der Waals surface area (Å²) in [4.78, 5) is 16.1. The van der Waals surface area contributed by atoms with Crippen LogP contribution >= 0.6 is 23.1 Å². The molecule has 0 bridgehead atoms. The SMILES string of the molecule is C[C@H](NC1CCC(C(=O)N2CCSCC2)CC1)c1cccs1. The van der Waals surface area contributed by atoms with Crippen molar-refractivity contribution in [1.29, 1.82) is 0 Å². The van der Waals surface area contributed by atoms with E-state index < -0.39 is 0 Å². The Morgan fingerprint density at radius 1 is 1.27 bits per heavy atom. The van der Waals surface area contributed by atoms with Crippen molar-refractivity contribution < 1.29 is 4.79 Å². The Kier molecular flexibility index (Phi) is 5.83. The van der Waals surface area contributed by atoms with Crippen molar-refractivity contribution in [3.63, 3.8) is 0 Å². The zero-order valence-electron chi connectivity index (χ0n) is 13.3. The topological polar surface area (TPSA) is 32.3 Å². The molecule has 0 aromatic carbocycles. The summed E-state index contributed by atoms with van der Waals surface area (Å²) in [5, 5.41) is 5.88. The quantitative estimate of drug-likeness (QED) is 0.911. The van der Waals surface area contributed by atoms with Gasteiger partial charge >= 0.3 is 0 Å². The van der Waals surface area contributed by atoms with Gasteiger partial charge in [-0.3, -0.25) is 4.79 Å². The zero-order valence-corrected chi connectivity index (χ0v) is 14.9. The highest BCUT2D eigenvalue weighted by atomic mass is 32.2. The number of hydrogen-bond acceptors (Lipinski definition) is 4. The van der Waals surface area contributed by atoms with Crippen molar-refractivity contribution in [2.45, 2.75) is 44.7 Å². The van der Waals surface area contributed by atoms with Gasteiger partial charge in [0, 0.05) is 47.5 Å². The van der Waals surface area contributed by atoms with Gasteiger partial charge in [0.2, 0.25) is 5.91 Å². The lowest BCUT2D eigenvalue weighted by Crippen LogP contribution is -2.44. The van der Waals surface area contributed by atoms with E-state index in [0.717, 1.165) is 50.3 Å². The van der Waals surface area contributed by atoms with Crippen LogP contribution in [-0.4, -0.2) is 41.4 Å². The van der Waals surface area contributed by atoms with Crippen LogP contribution in [0.4, 0.5) is 0 Å². The van der Waals surface area contributed by atoms with Crippen LogP contribution in [0.3, 0.4) is 0 Å². The largest absolute Gasteiger partial charge is 0.341 e. The molecule has 5 heteroatoms. The number of thioether (sulfide) groups is 1. The lowest BCUT2D eigenvalue weighted by atomic mass is 9.84. The third-order valence-corrected chi connectivity index (χ3v) is 6.85. The van der Waals surface area contributed by atoms with Gasteiger partial charge in [0.25, 0.3) is 0 Å². The minimum atomic E-state index is 0.276. The molecule has 1 aliphatic carbocycles. The van der Waals surface area contributed by atoms with E-state index in [-0.39, 0.29) is 5.92 Å². The molecule has 2 aliphatic rings. The monoisotopic (exact) mass is 338 g/mol. The zero-order chi connectivity index (χ0) is 15.4. The maximum absolute atomic E-state index is 12.6. The molecule has 1 aromatic rings. The highest BCUT2D eigenvalue weighted by Gasteiger charge is 2.30. The van der Waals surface area contributed by atoms with E-state index in [9.17, 15) is 4.79 Å². The first kappa shape index (κ1) is 16.3. The summed E-state index contributed by atoms with van der Waals surface area (Å²) < 4.78 is 0. The molecule has 3 nitrogen and oxygen atoms in total. The molecule has 0 unspecified atom stereocenters. The van der Waals surface area contributed by atoms with Gasteiger partial charge < -0.3 is 10.2 Å². The number of thiophene rings is 1. The lowest BCUT2D eigenvalue weighted by molar-refractivity contribution is -0.136. The molecule has 1 amide bonds. The summed E-state index contributed by atoms with van der Waals surface area (Å²) in [7, 11) is 0. The number of nitrogens with zero attached hydrogens (tertiary/aromatic N) is 1. The second kappa shape index (κ2) is 7.84. The average molecular weight is 339 g/mol. The first-order valence-corrected chi connectivity index (χ1v) is 10.4. The Hall–Kier alpha value is -0.520. The summed E-state index contributed by atoms with van der Waals surface area (Å²) in [6.45, 7) is 4.16. The molecule has 2 heterocycles. The van der Waals surface area contributed by atoms with E-state index >= 15 is 0 Å². The highest BCUT2D eigenvalue weighted by molar-refractivity contribution is 7.99. The number of rotatable bonds is 4. The van der Waals surface area contributed by atoms with Crippen LogP contribution in [0.1, 0.15) is 43.5 Å². The molecular formula is C17H26N2OS2. The van der Waals surface area contributed by atoms with E-state index in [2.05, 4.69) is 34.7 Å². The van der Waals surface area contributed by atoms with Gasteiger partial charge in [0.1, 0.15) is 0 Å². The summed E-state index contributed by atoms with van der Waals surface area (Å²) in [5.74, 6) is 2.92. The molecule has 122 valence electrons. The van der Waals surface area contributed by atoms with Crippen molar-refractivity contribution >= 4 is 29.0 Å². The molecule has 1 aliphatic heterocycles. The maximum atomic E-state index is 12.6. The van der Waals surface area contributed by atoms with Crippen LogP contribution in [0.5, 0.6) is 0 Å². The van der Waals surface area contributed by atoms with Crippen LogP contribution in [0.15, 0.2) is 17.5 Å². The lowest BCUT2D eigenvalue weighted by Gasteiger charge is -2.34. The average Bonchev–Trinajstić information content (AvgIpc) is 3.10. The molecule has 1 N–H and O–H groups in total. The van der Waals surface area contributed by atoms with Gasteiger partial charge in [-0.15, -0.1) is 11.3 Å². The van der Waals surface area contributed by atoms with E-state index in [4.69, 9.17) is 0 Å². The third-order valence-electron chi connectivity index (χ3n) is 4.85. The Labute approximate surface area is 141 Å². The third kappa shape index (κ3) is 4.06. The van der Waals surface area contributed by atoms with Crippen molar-refractivity contribution in [2.75, 3.05) is 24.6 Å². The van der Waals surface area contributed by atoms with Crippen LogP contribution in [0.25, 0.3) is 0 Å². The van der Waals surface area contributed by atoms with Crippen LogP contribution < -0.4 is 5.32 Å². The Bertz CT molecular complexity index is 463. The van der Waals surface area contributed by atoms with Crippen LogP contribution in [0, 0.1) is 5.92 Å². The molecule has 1 saturated carbocycles. The second-order valence-electron chi connectivity index (χ2n) is 6.39. The Balaban J connectivity index is 1.44.